The van der Waals surface area contributed by atoms with E-state index >= 15 is 0 Å². The molecule has 0 saturated carbocycles. The summed E-state index contributed by atoms with van der Waals surface area (Å²) in [7, 11) is 0. The van der Waals surface area contributed by atoms with Crippen LogP contribution in [-0.4, -0.2) is 54.6 Å². The topological polar surface area (TPSA) is 61.4 Å². The number of alkyl halides is 3. The third-order valence-corrected chi connectivity index (χ3v) is 5.10. The van der Waals surface area contributed by atoms with Crippen LogP contribution < -0.4 is 10.6 Å². The molecule has 3 unspecified atom stereocenters. The van der Waals surface area contributed by atoms with Gasteiger partial charge in [0.05, 0.1) is 0 Å². The van der Waals surface area contributed by atoms with Crippen LogP contribution in [0.25, 0.3) is 0 Å². The second-order valence-corrected chi connectivity index (χ2v) is 7.05. The zero-order valence-electron chi connectivity index (χ0n) is 14.2. The van der Waals surface area contributed by atoms with Crippen LogP contribution in [0.3, 0.4) is 0 Å². The summed E-state index contributed by atoms with van der Waals surface area (Å²) in [6.45, 7) is 6.60. The second-order valence-electron chi connectivity index (χ2n) is 7.05. The predicted octanol–water partition coefficient (Wildman–Crippen LogP) is 1.68. The molecule has 0 aromatic rings. The Morgan fingerprint density at radius 1 is 1.29 bits per heavy atom. The smallest absolute Gasteiger partial charge is 0.354 e. The first kappa shape index (κ1) is 19.0. The van der Waals surface area contributed by atoms with E-state index in [2.05, 4.69) is 17.1 Å². The second kappa shape index (κ2) is 7.72. The number of carbonyl (C=O) groups is 2. The highest BCUT2D eigenvalue weighted by Crippen LogP contribution is 2.28. The maximum Gasteiger partial charge on any atom is 0.408 e. The third-order valence-electron chi connectivity index (χ3n) is 5.10. The van der Waals surface area contributed by atoms with Gasteiger partial charge in [-0.25, -0.2) is 0 Å². The first-order valence-corrected chi connectivity index (χ1v) is 8.57. The van der Waals surface area contributed by atoms with Gasteiger partial charge < -0.3 is 10.6 Å². The summed E-state index contributed by atoms with van der Waals surface area (Å²) in [4.78, 5) is 26.2. The molecule has 3 atom stereocenters. The van der Waals surface area contributed by atoms with Gasteiger partial charge in [0.15, 0.2) is 0 Å². The molecule has 2 N–H and O–H groups in total. The van der Waals surface area contributed by atoms with Crippen LogP contribution in [0.5, 0.6) is 0 Å². The lowest BCUT2D eigenvalue weighted by atomic mass is 9.92. The Hall–Kier alpha value is -1.31. The lowest BCUT2D eigenvalue weighted by molar-refractivity contribution is -0.171. The molecule has 2 amide bonds. The van der Waals surface area contributed by atoms with E-state index in [4.69, 9.17) is 0 Å². The highest BCUT2D eigenvalue weighted by molar-refractivity contribution is 6.00. The third kappa shape index (κ3) is 4.84. The van der Waals surface area contributed by atoms with Crippen molar-refractivity contribution in [3.8, 4) is 0 Å². The molecule has 0 aliphatic carbocycles. The van der Waals surface area contributed by atoms with Crippen molar-refractivity contribution in [1.29, 1.82) is 0 Å². The van der Waals surface area contributed by atoms with Crippen molar-refractivity contribution in [1.82, 2.24) is 15.5 Å². The van der Waals surface area contributed by atoms with Gasteiger partial charge in [0.2, 0.25) is 11.8 Å². The molecule has 2 aliphatic rings. The number of likely N-dealkylation sites (tertiary alicyclic amines) is 1. The van der Waals surface area contributed by atoms with E-state index in [1.165, 1.54) is 0 Å². The molecule has 0 aromatic heterocycles. The number of nitrogens with one attached hydrogen (secondary N) is 2. The molecule has 8 heteroatoms. The maximum absolute atomic E-state index is 12.6. The first-order chi connectivity index (χ1) is 11.2. The van der Waals surface area contributed by atoms with E-state index in [0.29, 0.717) is 6.54 Å². The van der Waals surface area contributed by atoms with Gasteiger partial charge in [-0.15, -0.1) is 0 Å². The van der Waals surface area contributed by atoms with Gasteiger partial charge in [0.1, 0.15) is 12.0 Å². The van der Waals surface area contributed by atoms with E-state index in [9.17, 15) is 22.8 Å². The van der Waals surface area contributed by atoms with Gasteiger partial charge in [0, 0.05) is 12.6 Å². The van der Waals surface area contributed by atoms with Crippen molar-refractivity contribution in [2.75, 3.05) is 19.6 Å². The molecule has 2 rings (SSSR count). The average Bonchev–Trinajstić information content (AvgIpc) is 2.52. The zero-order valence-corrected chi connectivity index (χ0v) is 14.2. The molecule has 0 aromatic carbocycles. The summed E-state index contributed by atoms with van der Waals surface area (Å²) in [5, 5.41) is 4.63. The fraction of sp³-hybridized carbons (Fsp3) is 0.875. The van der Waals surface area contributed by atoms with E-state index in [1.807, 2.05) is 12.2 Å². The Morgan fingerprint density at radius 3 is 2.46 bits per heavy atom. The van der Waals surface area contributed by atoms with Crippen molar-refractivity contribution in [2.45, 2.75) is 57.8 Å². The highest BCUT2D eigenvalue weighted by atomic mass is 19.4. The normalized spacial score (nSPS) is 28.3. The van der Waals surface area contributed by atoms with E-state index < -0.39 is 30.0 Å². The van der Waals surface area contributed by atoms with Crippen LogP contribution in [0.2, 0.25) is 0 Å². The summed E-state index contributed by atoms with van der Waals surface area (Å²) in [5.74, 6) is -1.63. The summed E-state index contributed by atoms with van der Waals surface area (Å²) >= 11 is 0. The fourth-order valence-corrected chi connectivity index (χ4v) is 3.27. The Balaban J connectivity index is 1.77. The number of amides is 2. The molecule has 0 spiro atoms. The number of hydrogen-bond donors (Lipinski definition) is 2. The molecule has 0 bridgehead atoms. The lowest BCUT2D eigenvalue weighted by Crippen LogP contribution is -2.55. The largest absolute Gasteiger partial charge is 0.408 e. The maximum atomic E-state index is 12.6. The molecule has 2 heterocycles. The minimum Gasteiger partial charge on any atom is -0.354 e. The zero-order chi connectivity index (χ0) is 17.9. The van der Waals surface area contributed by atoms with Crippen molar-refractivity contribution in [3.63, 3.8) is 0 Å². The Morgan fingerprint density at radius 2 is 1.92 bits per heavy atom. The van der Waals surface area contributed by atoms with Gasteiger partial charge in [-0.3, -0.25) is 14.5 Å². The van der Waals surface area contributed by atoms with Crippen LogP contribution in [0.1, 0.15) is 39.5 Å². The van der Waals surface area contributed by atoms with Crippen LogP contribution >= 0.6 is 0 Å². The van der Waals surface area contributed by atoms with Crippen LogP contribution in [0, 0.1) is 11.8 Å². The van der Waals surface area contributed by atoms with Crippen LogP contribution in [0.4, 0.5) is 13.2 Å². The number of nitrogens with zero attached hydrogens (tertiary/aromatic N) is 1. The Labute approximate surface area is 140 Å². The number of hydrogen-bond acceptors (Lipinski definition) is 3. The summed E-state index contributed by atoms with van der Waals surface area (Å²) in [5.41, 5.74) is 0. The van der Waals surface area contributed by atoms with E-state index in [1.54, 1.807) is 0 Å². The predicted molar refractivity (Wildman–Crippen MR) is 83.2 cm³/mol. The van der Waals surface area contributed by atoms with Crippen molar-refractivity contribution < 1.29 is 22.8 Å². The average molecular weight is 349 g/mol. The number of carbonyl (C=O) groups excluding carboxylic acids is 2. The fourth-order valence-electron chi connectivity index (χ4n) is 3.27. The molecule has 0 radical (unpaired) electrons. The first-order valence-electron chi connectivity index (χ1n) is 8.57. The van der Waals surface area contributed by atoms with Gasteiger partial charge in [-0.1, -0.05) is 6.92 Å². The molecular formula is C16H26F3N3O2. The number of piperidine rings is 2. The molecule has 2 saturated heterocycles. The molecule has 5 nitrogen and oxygen atoms in total. The SMILES string of the molecule is CC1CCN(C(C)CNC(=O)C2CCC(C(F)(F)F)NC2=O)CC1. The van der Waals surface area contributed by atoms with E-state index in [0.717, 1.165) is 31.8 Å². The van der Waals surface area contributed by atoms with Gasteiger partial charge in [-0.2, -0.15) is 13.2 Å². The number of halogens is 3. The molecule has 24 heavy (non-hydrogen) atoms. The van der Waals surface area contributed by atoms with Gasteiger partial charge in [-0.05, 0) is 51.6 Å². The molecular weight excluding hydrogens is 323 g/mol. The summed E-state index contributed by atoms with van der Waals surface area (Å²) in [6.07, 6.45) is -2.54. The summed E-state index contributed by atoms with van der Waals surface area (Å²) in [6, 6.07) is -1.70. The quantitative estimate of drug-likeness (QED) is 0.759. The van der Waals surface area contributed by atoms with Crippen LogP contribution in [0.15, 0.2) is 0 Å². The van der Waals surface area contributed by atoms with Crippen molar-refractivity contribution in [2.24, 2.45) is 11.8 Å². The molecule has 2 fully saturated rings. The van der Waals surface area contributed by atoms with Crippen molar-refractivity contribution >= 4 is 11.8 Å². The highest BCUT2D eigenvalue weighted by Gasteiger charge is 2.45. The van der Waals surface area contributed by atoms with Crippen molar-refractivity contribution in [3.05, 3.63) is 0 Å². The van der Waals surface area contributed by atoms with Gasteiger partial charge >= 0.3 is 6.18 Å². The molecule has 138 valence electrons. The number of rotatable bonds is 4. The van der Waals surface area contributed by atoms with Crippen LogP contribution in [-0.2, 0) is 9.59 Å². The van der Waals surface area contributed by atoms with Gasteiger partial charge in [0.25, 0.3) is 0 Å². The Bertz CT molecular complexity index is 462. The summed E-state index contributed by atoms with van der Waals surface area (Å²) < 4.78 is 37.8. The lowest BCUT2D eigenvalue weighted by Gasteiger charge is -2.35. The standard InChI is InChI=1S/C16H26F3N3O2/c1-10-5-7-22(8-6-10)11(2)9-20-14(23)12-3-4-13(16(17,18)19)21-15(12)24/h10-13H,3-9H2,1-2H3,(H,20,23)(H,21,24). The Kier molecular flexibility index (Phi) is 6.11. The van der Waals surface area contributed by atoms with E-state index in [-0.39, 0.29) is 18.9 Å². The minimum atomic E-state index is -4.46. The molecule has 2 aliphatic heterocycles. The monoisotopic (exact) mass is 349 g/mol. The minimum absolute atomic E-state index is 0.0720.